The first kappa shape index (κ1) is 15.5. The van der Waals surface area contributed by atoms with E-state index in [0.717, 1.165) is 0 Å². The van der Waals surface area contributed by atoms with Crippen molar-refractivity contribution in [2.45, 2.75) is 13.0 Å². The minimum absolute atomic E-state index is 0. The van der Waals surface area contributed by atoms with Crippen LogP contribution in [0.15, 0.2) is 12.2 Å². The van der Waals surface area contributed by atoms with Crippen LogP contribution in [0.2, 0.25) is 0 Å². The minimum Gasteiger partial charge on any atom is -0.390 e. The summed E-state index contributed by atoms with van der Waals surface area (Å²) in [7, 11) is 2.07. The van der Waals surface area contributed by atoms with Gasteiger partial charge in [0.15, 0.2) is 0 Å². The quantitative estimate of drug-likeness (QED) is 0.404. The van der Waals surface area contributed by atoms with Crippen LogP contribution >= 0.6 is 37.2 Å². The molecule has 63 valence electrons. The van der Waals surface area contributed by atoms with Crippen molar-refractivity contribution in [1.82, 2.24) is 4.90 Å². The third kappa shape index (κ3) is 7.10. The maximum Gasteiger partial charge on any atom is 0 e. The average molecular weight is 452 g/mol. The number of rotatable bonds is 0. The van der Waals surface area contributed by atoms with Gasteiger partial charge in [0.2, 0.25) is 0 Å². The zero-order valence-electron chi connectivity index (χ0n) is 6.67. The fraction of sp³-hybridized carbons (Fsp3) is 0.429. The molecule has 1 nitrogen and oxygen atoms in total. The van der Waals surface area contributed by atoms with Gasteiger partial charge in [-0.1, -0.05) is 13.0 Å². The van der Waals surface area contributed by atoms with Crippen LogP contribution in [0.4, 0.5) is 0 Å². The van der Waals surface area contributed by atoms with Crippen LogP contribution in [0, 0.1) is 13.0 Å². The Balaban J connectivity index is 0. The standard InChI is InChI=1S/C7H11N.I2.Y/c1-7-5-3-4-6-8(7)2;1-2;/h3-7H,1-2H3;;/q-2;;. The molecule has 1 heterocycles. The maximum absolute atomic E-state index is 2.17. The molecule has 1 atom stereocenters. The van der Waals surface area contributed by atoms with Gasteiger partial charge in [-0.2, -0.15) is 0 Å². The smallest absolute Gasteiger partial charge is 0 e. The van der Waals surface area contributed by atoms with Crippen LogP contribution in [0.3, 0.4) is 0 Å². The van der Waals surface area contributed by atoms with E-state index < -0.39 is 0 Å². The topological polar surface area (TPSA) is 3.24 Å². The molecule has 0 fully saturated rings. The fourth-order valence-electron chi connectivity index (χ4n) is 0.682. The van der Waals surface area contributed by atoms with Crippen molar-refractivity contribution in [2.24, 2.45) is 0 Å². The molecule has 0 aliphatic carbocycles. The van der Waals surface area contributed by atoms with Crippen molar-refractivity contribution in [3.05, 3.63) is 25.1 Å². The van der Waals surface area contributed by atoms with Crippen LogP contribution in [0.5, 0.6) is 0 Å². The Morgan fingerprint density at radius 3 is 2.18 bits per heavy atom. The number of hydrogen-bond acceptors (Lipinski definition) is 1. The number of likely N-dealkylation sites (N-methyl/N-ethyl adjacent to an activating group) is 1. The van der Waals surface area contributed by atoms with Gasteiger partial charge in [-0.05, 0) is 7.05 Å². The van der Waals surface area contributed by atoms with E-state index >= 15 is 0 Å². The van der Waals surface area contributed by atoms with Crippen molar-refractivity contribution < 1.29 is 32.7 Å². The van der Waals surface area contributed by atoms with Gasteiger partial charge in [-0.25, -0.2) is 0 Å². The first-order valence-corrected chi connectivity index (χ1v) is 9.30. The van der Waals surface area contributed by atoms with Gasteiger partial charge in [0, 0.05) is 69.9 Å². The normalized spacial score (nSPS) is 21.6. The number of halogens is 2. The third-order valence-corrected chi connectivity index (χ3v) is 1.46. The molecule has 1 aliphatic heterocycles. The molecule has 0 amide bonds. The van der Waals surface area contributed by atoms with Crippen molar-refractivity contribution >= 4 is 37.2 Å². The third-order valence-electron chi connectivity index (χ3n) is 1.46. The van der Waals surface area contributed by atoms with E-state index in [2.05, 4.69) is 75.1 Å². The number of nitrogens with zero attached hydrogens (tertiary/aromatic N) is 1. The minimum atomic E-state index is 0. The summed E-state index contributed by atoms with van der Waals surface area (Å²) in [5.74, 6) is 0. The monoisotopic (exact) mass is 452 g/mol. The Bertz CT molecular complexity index is 96.6. The van der Waals surface area contributed by atoms with Crippen LogP contribution in [-0.2, 0) is 32.7 Å². The Labute approximate surface area is 118 Å². The second-order valence-electron chi connectivity index (χ2n) is 2.13. The van der Waals surface area contributed by atoms with Crippen LogP contribution < -0.4 is 0 Å². The zero-order chi connectivity index (χ0) is 7.98. The van der Waals surface area contributed by atoms with E-state index in [1.807, 2.05) is 6.08 Å². The Morgan fingerprint density at radius 1 is 1.36 bits per heavy atom. The molecule has 0 spiro atoms. The Kier molecular flexibility index (Phi) is 14.2. The fourth-order valence-corrected chi connectivity index (χ4v) is 0.682. The zero-order valence-corrected chi connectivity index (χ0v) is 13.8. The molecule has 4 heteroatoms. The van der Waals surface area contributed by atoms with Crippen LogP contribution in [0.25, 0.3) is 0 Å². The van der Waals surface area contributed by atoms with E-state index in [-0.39, 0.29) is 32.7 Å². The van der Waals surface area contributed by atoms with E-state index in [4.69, 9.17) is 0 Å². The summed E-state index contributed by atoms with van der Waals surface area (Å²) in [5, 5.41) is 0. The Hall–Kier alpha value is 2.00. The van der Waals surface area contributed by atoms with Crippen LogP contribution in [0.1, 0.15) is 6.92 Å². The van der Waals surface area contributed by atoms with E-state index in [1.54, 1.807) is 0 Å². The molecule has 0 N–H and O–H groups in total. The van der Waals surface area contributed by atoms with Crippen molar-refractivity contribution in [2.75, 3.05) is 7.05 Å². The predicted molar refractivity (Wildman–Crippen MR) is 63.0 cm³/mol. The van der Waals surface area contributed by atoms with Gasteiger partial charge in [0.05, 0.1) is 0 Å². The molecule has 1 unspecified atom stereocenters. The van der Waals surface area contributed by atoms with Gasteiger partial charge < -0.3 is 17.1 Å². The summed E-state index contributed by atoms with van der Waals surface area (Å²) >= 11 is 4.24. The number of hydrogen-bond donors (Lipinski definition) is 0. The molecule has 0 aromatic carbocycles. The second-order valence-corrected chi connectivity index (χ2v) is 2.13. The summed E-state index contributed by atoms with van der Waals surface area (Å²) in [6.45, 7) is 4.24. The summed E-state index contributed by atoms with van der Waals surface area (Å²) in [6, 6.07) is 0.569. The molecular weight excluding hydrogens is 441 g/mol. The molecule has 0 saturated carbocycles. The second kappa shape index (κ2) is 10.1. The predicted octanol–water partition coefficient (Wildman–Crippen LogP) is 3.01. The van der Waals surface area contributed by atoms with Crippen molar-refractivity contribution in [3.63, 3.8) is 0 Å². The average Bonchev–Trinajstić information content (AvgIpc) is 2.00. The summed E-state index contributed by atoms with van der Waals surface area (Å²) < 4.78 is 0. The molecule has 0 aromatic heterocycles. The van der Waals surface area contributed by atoms with E-state index in [9.17, 15) is 0 Å². The first-order chi connectivity index (χ1) is 4.80. The molecule has 1 aliphatic rings. The van der Waals surface area contributed by atoms with Gasteiger partial charge in [0.1, 0.15) is 0 Å². The molecule has 1 rings (SSSR count). The Morgan fingerprint density at radius 2 is 1.91 bits per heavy atom. The largest absolute Gasteiger partial charge is 0.390 e. The molecule has 0 bridgehead atoms. The molecule has 0 saturated heterocycles. The van der Waals surface area contributed by atoms with Crippen molar-refractivity contribution in [1.29, 1.82) is 0 Å². The van der Waals surface area contributed by atoms with Crippen LogP contribution in [-0.4, -0.2) is 18.0 Å². The molecule has 11 heavy (non-hydrogen) atoms. The maximum atomic E-state index is 2.17. The van der Waals surface area contributed by atoms with E-state index in [1.165, 1.54) is 0 Å². The SMILES string of the molecule is CC1[CH-]C=C[CH-]N1C.II.[Y]. The first-order valence-electron chi connectivity index (χ1n) is 3.02. The van der Waals surface area contributed by atoms with Gasteiger partial charge in [-0.3, -0.25) is 13.0 Å². The van der Waals surface area contributed by atoms with Gasteiger partial charge in [-0.15, -0.1) is 0 Å². The van der Waals surface area contributed by atoms with Gasteiger partial charge in [0.25, 0.3) is 0 Å². The summed E-state index contributed by atoms with van der Waals surface area (Å²) in [5.41, 5.74) is 0. The summed E-state index contributed by atoms with van der Waals surface area (Å²) in [4.78, 5) is 2.17. The van der Waals surface area contributed by atoms with E-state index in [0.29, 0.717) is 6.04 Å². The van der Waals surface area contributed by atoms with Gasteiger partial charge >= 0.3 is 0 Å². The summed E-state index contributed by atoms with van der Waals surface area (Å²) in [6.07, 6.45) is 6.28. The molecule has 1 radical (unpaired) electrons. The van der Waals surface area contributed by atoms with Crippen molar-refractivity contribution in [3.8, 4) is 0 Å². The molecule has 0 aromatic rings. The molecular formula is C7H11I2NY-2.